The van der Waals surface area contributed by atoms with Crippen LogP contribution in [-0.4, -0.2) is 61.1 Å². The molecule has 0 aliphatic carbocycles. The Hall–Kier alpha value is -1.38. The first-order chi connectivity index (χ1) is 14.2. The van der Waals surface area contributed by atoms with Crippen LogP contribution in [0.2, 0.25) is 0 Å². The van der Waals surface area contributed by atoms with Gasteiger partial charge in [-0.05, 0) is 84.1 Å². The van der Waals surface area contributed by atoms with Crippen LogP contribution < -0.4 is 10.4 Å². The molecule has 0 radical (unpaired) electrons. The molecule has 31 heavy (non-hydrogen) atoms. The first kappa shape index (κ1) is 24.3. The first-order valence-electron chi connectivity index (χ1n) is 11.1. The monoisotopic (exact) mass is 448 g/mol. The molecule has 0 bridgehead atoms. The summed E-state index contributed by atoms with van der Waals surface area (Å²) >= 11 is 4.56. The molecule has 2 heterocycles. The van der Waals surface area contributed by atoms with E-state index in [1.165, 1.54) is 5.56 Å². The molecule has 6 nitrogen and oxygen atoms in total. The molecule has 1 amide bonds. The number of amides is 1. The summed E-state index contributed by atoms with van der Waals surface area (Å²) in [7, 11) is -0.411. The van der Waals surface area contributed by atoms with Crippen LogP contribution in [0.3, 0.4) is 0 Å². The number of anilines is 1. The third kappa shape index (κ3) is 5.17. The summed E-state index contributed by atoms with van der Waals surface area (Å²) in [4.78, 5) is 16.5. The number of carbonyl (C=O) groups is 1. The normalized spacial score (nSPS) is 20.9. The molecule has 1 aromatic rings. The Labute approximate surface area is 193 Å². The van der Waals surface area contributed by atoms with Crippen molar-refractivity contribution in [3.63, 3.8) is 0 Å². The maximum atomic E-state index is 12.4. The van der Waals surface area contributed by atoms with Gasteiger partial charge in [-0.15, -0.1) is 0 Å². The highest BCUT2D eigenvalue weighted by Gasteiger charge is 2.52. The van der Waals surface area contributed by atoms with E-state index in [4.69, 9.17) is 14.0 Å². The summed E-state index contributed by atoms with van der Waals surface area (Å²) in [5.74, 6) is 0.643. The first-order valence-corrected chi connectivity index (χ1v) is 11.7. The Bertz CT molecular complexity index is 814. The van der Waals surface area contributed by atoms with Crippen LogP contribution >= 0.6 is 12.6 Å². The van der Waals surface area contributed by atoms with Gasteiger partial charge in [-0.1, -0.05) is 0 Å². The van der Waals surface area contributed by atoms with Crippen molar-refractivity contribution >= 4 is 37.0 Å². The number of ether oxygens (including phenoxy) is 1. The number of thiol groups is 1. The fraction of sp³-hybridized carbons (Fsp3) is 0.696. The molecule has 0 aromatic heterocycles. The fourth-order valence-electron chi connectivity index (χ4n) is 3.82. The zero-order chi connectivity index (χ0) is 23.2. The minimum Gasteiger partial charge on any atom is -0.444 e. The Kier molecular flexibility index (Phi) is 6.67. The molecule has 3 rings (SSSR count). The summed E-state index contributed by atoms with van der Waals surface area (Å²) in [6.07, 6.45) is -0.245. The lowest BCUT2D eigenvalue weighted by Crippen LogP contribution is -2.50. The summed E-state index contributed by atoms with van der Waals surface area (Å²) < 4.78 is 18.2. The van der Waals surface area contributed by atoms with Crippen LogP contribution in [0.25, 0.3) is 0 Å². The van der Waals surface area contributed by atoms with Crippen molar-refractivity contribution in [2.75, 3.05) is 31.1 Å². The molecule has 172 valence electrons. The van der Waals surface area contributed by atoms with Gasteiger partial charge in [0.05, 0.1) is 11.2 Å². The Balaban J connectivity index is 1.79. The fourth-order valence-corrected chi connectivity index (χ4v) is 4.15. The van der Waals surface area contributed by atoms with Gasteiger partial charge in [0.1, 0.15) is 5.60 Å². The summed E-state index contributed by atoms with van der Waals surface area (Å²) in [5, 5.41) is 0. The van der Waals surface area contributed by atoms with Gasteiger partial charge in [0.15, 0.2) is 0 Å². The Morgan fingerprint density at radius 1 is 1.10 bits per heavy atom. The zero-order valence-electron chi connectivity index (χ0n) is 20.2. The molecule has 2 aliphatic heterocycles. The van der Waals surface area contributed by atoms with Crippen molar-refractivity contribution in [3.05, 3.63) is 23.3 Å². The molecule has 2 aliphatic rings. The highest BCUT2D eigenvalue weighted by atomic mass is 32.1. The number of hydrogen-bond acceptors (Lipinski definition) is 6. The standard InChI is InChI=1S/C23H37BN2O4S/c1-16-17(15-31)13-18(14-19(16)24-29-22(5,6)23(7,8)30-24)25-9-11-26(12-10-25)20(27)28-21(2,3)4/h13-14,31H,9-12,15H2,1-8H3. The van der Waals surface area contributed by atoms with Gasteiger partial charge < -0.3 is 23.8 Å². The third-order valence-electron chi connectivity index (χ3n) is 6.51. The number of piperazine rings is 1. The van der Waals surface area contributed by atoms with Gasteiger partial charge in [0.25, 0.3) is 0 Å². The molecule has 0 atom stereocenters. The molecule has 0 saturated carbocycles. The van der Waals surface area contributed by atoms with E-state index in [9.17, 15) is 4.79 Å². The van der Waals surface area contributed by atoms with E-state index < -0.39 is 12.7 Å². The molecule has 0 spiro atoms. The molecule has 2 saturated heterocycles. The largest absolute Gasteiger partial charge is 0.495 e. The quantitative estimate of drug-likeness (QED) is 0.564. The van der Waals surface area contributed by atoms with Gasteiger partial charge in [-0.2, -0.15) is 12.6 Å². The lowest BCUT2D eigenvalue weighted by Gasteiger charge is -2.37. The van der Waals surface area contributed by atoms with E-state index in [2.05, 4.69) is 64.3 Å². The SMILES string of the molecule is Cc1c(CS)cc(N2CCN(C(=O)OC(C)(C)C)CC2)cc1B1OC(C)(C)C(C)(C)O1. The topological polar surface area (TPSA) is 51.2 Å². The smallest absolute Gasteiger partial charge is 0.444 e. The molecular formula is C23H37BN2O4S. The van der Waals surface area contributed by atoms with Gasteiger partial charge in [-0.3, -0.25) is 0 Å². The zero-order valence-corrected chi connectivity index (χ0v) is 21.1. The second-order valence-electron chi connectivity index (χ2n) is 10.5. The lowest BCUT2D eigenvalue weighted by molar-refractivity contribution is 0.00578. The van der Waals surface area contributed by atoms with Crippen molar-refractivity contribution in [2.24, 2.45) is 0 Å². The highest BCUT2D eigenvalue weighted by Crippen LogP contribution is 2.37. The summed E-state index contributed by atoms with van der Waals surface area (Å²) in [6, 6.07) is 4.37. The maximum absolute atomic E-state index is 12.4. The van der Waals surface area contributed by atoms with E-state index in [-0.39, 0.29) is 17.3 Å². The molecular weight excluding hydrogens is 411 g/mol. The average molecular weight is 448 g/mol. The average Bonchev–Trinajstić information content (AvgIpc) is 2.88. The number of carbonyl (C=O) groups excluding carboxylic acids is 1. The van der Waals surface area contributed by atoms with Crippen molar-refractivity contribution < 1.29 is 18.8 Å². The van der Waals surface area contributed by atoms with Crippen LogP contribution in [0.5, 0.6) is 0 Å². The predicted molar refractivity (Wildman–Crippen MR) is 130 cm³/mol. The second kappa shape index (κ2) is 8.52. The van der Waals surface area contributed by atoms with Crippen molar-refractivity contribution in [1.29, 1.82) is 0 Å². The van der Waals surface area contributed by atoms with E-state index >= 15 is 0 Å². The molecule has 1 aromatic carbocycles. The summed E-state index contributed by atoms with van der Waals surface area (Å²) in [6.45, 7) is 18.8. The van der Waals surface area contributed by atoms with E-state index in [1.54, 1.807) is 4.90 Å². The van der Waals surface area contributed by atoms with Gasteiger partial charge >= 0.3 is 13.2 Å². The maximum Gasteiger partial charge on any atom is 0.495 e. The van der Waals surface area contributed by atoms with Crippen LogP contribution in [0.15, 0.2) is 12.1 Å². The molecule has 2 fully saturated rings. The number of rotatable bonds is 3. The van der Waals surface area contributed by atoms with Gasteiger partial charge in [0, 0.05) is 37.6 Å². The minimum absolute atomic E-state index is 0.245. The third-order valence-corrected chi connectivity index (χ3v) is 6.85. The second-order valence-corrected chi connectivity index (χ2v) is 10.8. The van der Waals surface area contributed by atoms with E-state index in [0.29, 0.717) is 18.8 Å². The van der Waals surface area contributed by atoms with Crippen LogP contribution in [0.1, 0.15) is 59.6 Å². The Morgan fingerprint density at radius 2 is 1.65 bits per heavy atom. The van der Waals surface area contributed by atoms with Gasteiger partial charge in [-0.25, -0.2) is 4.79 Å². The minimum atomic E-state index is -0.482. The highest BCUT2D eigenvalue weighted by molar-refractivity contribution is 7.79. The van der Waals surface area contributed by atoms with Crippen molar-refractivity contribution in [1.82, 2.24) is 4.90 Å². The van der Waals surface area contributed by atoms with E-state index in [1.807, 2.05) is 20.8 Å². The molecule has 8 heteroatoms. The Morgan fingerprint density at radius 3 is 2.13 bits per heavy atom. The van der Waals surface area contributed by atoms with E-state index in [0.717, 1.165) is 29.8 Å². The molecule has 0 N–H and O–H groups in total. The lowest BCUT2D eigenvalue weighted by atomic mass is 9.74. The van der Waals surface area contributed by atoms with Gasteiger partial charge in [0.2, 0.25) is 0 Å². The number of benzene rings is 1. The number of nitrogens with zero attached hydrogens (tertiary/aromatic N) is 2. The van der Waals surface area contributed by atoms with Crippen LogP contribution in [-0.2, 0) is 19.8 Å². The van der Waals surface area contributed by atoms with Crippen LogP contribution in [0, 0.1) is 6.92 Å². The van der Waals surface area contributed by atoms with Crippen molar-refractivity contribution in [3.8, 4) is 0 Å². The summed E-state index contributed by atoms with van der Waals surface area (Å²) in [5.41, 5.74) is 3.23. The molecule has 0 unspecified atom stereocenters. The predicted octanol–water partition coefficient (Wildman–Crippen LogP) is 3.78. The van der Waals surface area contributed by atoms with Crippen molar-refractivity contribution in [2.45, 2.75) is 77.9 Å². The van der Waals surface area contributed by atoms with Crippen LogP contribution in [0.4, 0.5) is 10.5 Å². The number of hydrogen-bond donors (Lipinski definition) is 1.